The van der Waals surface area contributed by atoms with Gasteiger partial charge in [0.1, 0.15) is 17.0 Å². The Hall–Kier alpha value is -6.31. The third kappa shape index (κ3) is 5.70. The summed E-state index contributed by atoms with van der Waals surface area (Å²) in [7, 11) is 0. The molecule has 8 heteroatoms. The minimum atomic E-state index is -0.745. The van der Waals surface area contributed by atoms with E-state index in [1.807, 2.05) is 70.0 Å². The number of aromatic nitrogens is 4. The van der Waals surface area contributed by atoms with Crippen molar-refractivity contribution in [3.63, 3.8) is 0 Å². The van der Waals surface area contributed by atoms with E-state index >= 15 is 4.39 Å². The molecule has 1 aliphatic carbocycles. The number of nitrogens with zero attached hydrogens (tertiary/aromatic N) is 4. The van der Waals surface area contributed by atoms with Crippen LogP contribution in [0.15, 0.2) is 170 Å². The second-order valence-corrected chi connectivity index (χ2v) is 13.9. The molecule has 3 heterocycles. The summed E-state index contributed by atoms with van der Waals surface area (Å²) in [5.41, 5.74) is 6.72. The molecule has 0 saturated heterocycles. The minimum absolute atomic E-state index is 0.0114. The number of carbonyl (C=O) groups excluding carboxylic acids is 1. The van der Waals surface area contributed by atoms with E-state index in [1.54, 1.807) is 18.3 Å². The quantitative estimate of drug-likeness (QED) is 0.152. The molecule has 6 nitrogen and oxygen atoms in total. The van der Waals surface area contributed by atoms with E-state index in [2.05, 4.69) is 89.3 Å². The Morgan fingerprint density at radius 3 is 1.94 bits per heavy atom. The number of hydrogen-bond donors (Lipinski definition) is 1. The molecular formula is C45H33ClFN5O. The molecule has 0 unspecified atom stereocenters. The van der Waals surface area contributed by atoms with Crippen molar-refractivity contribution in [2.24, 2.45) is 0 Å². The van der Waals surface area contributed by atoms with Crippen molar-refractivity contribution in [3.8, 4) is 22.4 Å². The average Bonchev–Trinajstić information content (AvgIpc) is 3.59. The second kappa shape index (κ2) is 13.0. The molecule has 0 radical (unpaired) electrons. The maximum Gasteiger partial charge on any atom is 0.254 e. The molecule has 8 aromatic rings. The molecule has 1 N–H and O–H groups in total. The maximum absolute atomic E-state index is 15.7. The zero-order valence-corrected chi connectivity index (χ0v) is 29.3. The Kier molecular flexibility index (Phi) is 8.01. The molecule has 0 spiro atoms. The van der Waals surface area contributed by atoms with Gasteiger partial charge in [0, 0.05) is 34.1 Å². The molecule has 0 aliphatic heterocycles. The summed E-state index contributed by atoms with van der Waals surface area (Å²) in [6, 6.07) is 47.4. The molecule has 1 aliphatic rings. The summed E-state index contributed by atoms with van der Waals surface area (Å²) in [6.07, 6.45) is 9.22. The van der Waals surface area contributed by atoms with Crippen LogP contribution in [0, 0.1) is 5.82 Å². The van der Waals surface area contributed by atoms with Crippen LogP contribution in [-0.4, -0.2) is 25.1 Å². The summed E-state index contributed by atoms with van der Waals surface area (Å²) in [4.78, 5) is 17.9. The first-order valence-corrected chi connectivity index (χ1v) is 17.9. The molecule has 53 heavy (non-hydrogen) atoms. The number of nitrogens with one attached hydrogen (secondary N) is 1. The fraction of sp³-hybridized carbons (Fsp3) is 0.0889. The number of carbonyl (C=O) groups is 1. The van der Waals surface area contributed by atoms with Gasteiger partial charge in [-0.3, -0.25) is 13.9 Å². The van der Waals surface area contributed by atoms with E-state index < -0.39 is 22.8 Å². The molecular weight excluding hydrogens is 681 g/mol. The first kappa shape index (κ1) is 32.6. The standard InChI is InChI=1S/C45H33ClFN5O/c46-38-18-10-17-37(26-38)44(23-24-44)50-43(53)39-21-19-31(25-40(39)47)41-28-48-42-22-20-32(29-51(41)42)33-27-49-52(30-33)45(34-11-4-1-5-12-34,35-13-6-2-7-14-35)36-15-8-3-9-16-36/h1-22,25-30H,23-24H2,(H,50,53). The lowest BCUT2D eigenvalue weighted by Gasteiger charge is -2.36. The number of rotatable bonds is 9. The summed E-state index contributed by atoms with van der Waals surface area (Å²) >= 11 is 6.21. The number of amides is 1. The van der Waals surface area contributed by atoms with Crippen LogP contribution in [0.4, 0.5) is 4.39 Å². The lowest BCUT2D eigenvalue weighted by Crippen LogP contribution is -2.38. The van der Waals surface area contributed by atoms with Crippen LogP contribution in [0.1, 0.15) is 45.5 Å². The minimum Gasteiger partial charge on any atom is -0.342 e. The summed E-state index contributed by atoms with van der Waals surface area (Å²) < 4.78 is 19.7. The summed E-state index contributed by atoms with van der Waals surface area (Å²) in [6.45, 7) is 0. The van der Waals surface area contributed by atoms with Gasteiger partial charge in [0.05, 0.1) is 29.2 Å². The van der Waals surface area contributed by atoms with E-state index in [1.165, 1.54) is 12.1 Å². The number of fused-ring (bicyclic) bond motifs is 1. The molecule has 1 saturated carbocycles. The predicted octanol–water partition coefficient (Wildman–Crippen LogP) is 9.92. The Labute approximate surface area is 311 Å². The molecule has 1 fully saturated rings. The summed E-state index contributed by atoms with van der Waals surface area (Å²) in [5, 5.41) is 8.69. The Morgan fingerprint density at radius 2 is 1.34 bits per heavy atom. The number of hydrogen-bond acceptors (Lipinski definition) is 3. The highest BCUT2D eigenvalue weighted by Crippen LogP contribution is 2.46. The molecule has 3 aromatic heterocycles. The van der Waals surface area contributed by atoms with Crippen LogP contribution < -0.4 is 5.32 Å². The van der Waals surface area contributed by atoms with Crippen molar-refractivity contribution in [2.45, 2.75) is 23.9 Å². The van der Waals surface area contributed by atoms with Crippen molar-refractivity contribution in [2.75, 3.05) is 0 Å². The fourth-order valence-electron chi connectivity index (χ4n) is 7.50. The van der Waals surface area contributed by atoms with Gasteiger partial charge in [0.15, 0.2) is 0 Å². The Bertz CT molecular complexity index is 2500. The van der Waals surface area contributed by atoms with Gasteiger partial charge in [-0.15, -0.1) is 0 Å². The first-order valence-electron chi connectivity index (χ1n) is 17.5. The van der Waals surface area contributed by atoms with Crippen LogP contribution in [0.5, 0.6) is 0 Å². The third-order valence-electron chi connectivity index (χ3n) is 10.3. The Balaban J connectivity index is 1.07. The molecule has 0 bridgehead atoms. The highest BCUT2D eigenvalue weighted by molar-refractivity contribution is 6.30. The predicted molar refractivity (Wildman–Crippen MR) is 206 cm³/mol. The number of benzene rings is 5. The van der Waals surface area contributed by atoms with Crippen molar-refractivity contribution in [1.29, 1.82) is 0 Å². The van der Waals surface area contributed by atoms with Gasteiger partial charge in [-0.25, -0.2) is 9.37 Å². The normalized spacial score (nSPS) is 13.5. The van der Waals surface area contributed by atoms with E-state index in [0.29, 0.717) is 21.9 Å². The van der Waals surface area contributed by atoms with Gasteiger partial charge in [0.2, 0.25) is 0 Å². The maximum atomic E-state index is 15.7. The monoisotopic (exact) mass is 713 g/mol. The van der Waals surface area contributed by atoms with Crippen molar-refractivity contribution >= 4 is 23.2 Å². The third-order valence-corrected chi connectivity index (χ3v) is 10.6. The molecule has 0 atom stereocenters. The van der Waals surface area contributed by atoms with Gasteiger partial charge >= 0.3 is 0 Å². The molecule has 258 valence electrons. The fourth-order valence-corrected chi connectivity index (χ4v) is 7.69. The highest BCUT2D eigenvalue weighted by Gasteiger charge is 2.46. The smallest absolute Gasteiger partial charge is 0.254 e. The van der Waals surface area contributed by atoms with Crippen LogP contribution in [0.2, 0.25) is 5.02 Å². The topological polar surface area (TPSA) is 64.2 Å². The van der Waals surface area contributed by atoms with E-state index in [9.17, 15) is 4.79 Å². The number of imidazole rings is 1. The van der Waals surface area contributed by atoms with Crippen LogP contribution in [0.25, 0.3) is 28.0 Å². The first-order chi connectivity index (χ1) is 25.9. The van der Waals surface area contributed by atoms with Gasteiger partial charge < -0.3 is 5.32 Å². The second-order valence-electron chi connectivity index (χ2n) is 13.5. The van der Waals surface area contributed by atoms with Crippen LogP contribution >= 0.6 is 11.6 Å². The van der Waals surface area contributed by atoms with E-state index in [-0.39, 0.29) is 5.56 Å². The van der Waals surface area contributed by atoms with Gasteiger partial charge in [-0.2, -0.15) is 5.10 Å². The summed E-state index contributed by atoms with van der Waals surface area (Å²) in [5.74, 6) is -1.06. The SMILES string of the molecule is O=C(NC1(c2cccc(Cl)c2)CC1)c1ccc(-c2cnc3ccc(-c4cnn(C(c5ccccc5)(c5ccccc5)c5ccccc5)c4)cn23)cc1F. The van der Waals surface area contributed by atoms with Gasteiger partial charge in [0.25, 0.3) is 5.91 Å². The molecule has 1 amide bonds. The van der Waals surface area contributed by atoms with E-state index in [0.717, 1.165) is 46.2 Å². The lowest BCUT2D eigenvalue weighted by atomic mass is 9.77. The average molecular weight is 714 g/mol. The molecule has 9 rings (SSSR count). The largest absolute Gasteiger partial charge is 0.342 e. The zero-order chi connectivity index (χ0) is 36.0. The highest BCUT2D eigenvalue weighted by atomic mass is 35.5. The number of pyridine rings is 1. The van der Waals surface area contributed by atoms with Crippen molar-refractivity contribution < 1.29 is 9.18 Å². The van der Waals surface area contributed by atoms with E-state index in [4.69, 9.17) is 16.7 Å². The van der Waals surface area contributed by atoms with Crippen LogP contribution in [-0.2, 0) is 11.1 Å². The van der Waals surface area contributed by atoms with Crippen molar-refractivity contribution in [1.82, 2.24) is 24.5 Å². The van der Waals surface area contributed by atoms with Gasteiger partial charge in [-0.1, -0.05) is 121 Å². The zero-order valence-electron chi connectivity index (χ0n) is 28.5. The van der Waals surface area contributed by atoms with Crippen molar-refractivity contribution in [3.05, 3.63) is 209 Å². The molecule has 5 aromatic carbocycles. The number of halogens is 2. The lowest BCUT2D eigenvalue weighted by molar-refractivity contribution is 0.0926. The van der Waals surface area contributed by atoms with Crippen LogP contribution in [0.3, 0.4) is 0 Å². The van der Waals surface area contributed by atoms with Gasteiger partial charge in [-0.05, 0) is 71.5 Å². The Morgan fingerprint density at radius 1 is 0.698 bits per heavy atom.